The SMILES string of the molecule is CCOC#N.S. The van der Waals surface area contributed by atoms with Crippen LogP contribution in [0.4, 0.5) is 0 Å². The molecule has 2 nitrogen and oxygen atoms in total. The molecule has 6 heavy (non-hydrogen) atoms. The maximum atomic E-state index is 7.59. The molecule has 0 N–H and O–H groups in total. The lowest BCUT2D eigenvalue weighted by molar-refractivity contribution is 0.291. The van der Waals surface area contributed by atoms with Gasteiger partial charge >= 0.3 is 0 Å². The molecule has 0 aromatic carbocycles. The summed E-state index contributed by atoms with van der Waals surface area (Å²) in [4.78, 5) is 0. The molecule has 0 saturated heterocycles. The molecule has 0 amide bonds. The highest BCUT2D eigenvalue weighted by molar-refractivity contribution is 7.59. The van der Waals surface area contributed by atoms with Crippen LogP contribution in [0.1, 0.15) is 6.92 Å². The molecule has 0 heterocycles. The third kappa shape index (κ3) is 9.43. The van der Waals surface area contributed by atoms with Crippen LogP contribution < -0.4 is 0 Å². The van der Waals surface area contributed by atoms with Crippen molar-refractivity contribution in [2.45, 2.75) is 6.92 Å². The summed E-state index contributed by atoms with van der Waals surface area (Å²) in [5.41, 5.74) is 0. The number of ether oxygens (including phenoxy) is 1. The van der Waals surface area contributed by atoms with Gasteiger partial charge in [0, 0.05) is 0 Å². The molecule has 0 aliphatic heterocycles. The van der Waals surface area contributed by atoms with Crippen molar-refractivity contribution >= 4 is 13.5 Å². The Bertz CT molecular complexity index is 49.2. The average molecular weight is 105 g/mol. The lowest BCUT2D eigenvalue weighted by Gasteiger charge is -1.76. The summed E-state index contributed by atoms with van der Waals surface area (Å²) in [6, 6.07) is 0. The first-order chi connectivity index (χ1) is 2.41. The summed E-state index contributed by atoms with van der Waals surface area (Å²) >= 11 is 0. The van der Waals surface area contributed by atoms with Gasteiger partial charge in [0.15, 0.2) is 0 Å². The Morgan fingerprint density at radius 3 is 2.33 bits per heavy atom. The second-order valence-electron chi connectivity index (χ2n) is 0.524. The van der Waals surface area contributed by atoms with E-state index in [9.17, 15) is 0 Å². The monoisotopic (exact) mass is 105 g/mol. The highest BCUT2D eigenvalue weighted by Crippen LogP contribution is 1.58. The second kappa shape index (κ2) is 8.82. The Kier molecular flexibility index (Phi) is 13.5. The van der Waals surface area contributed by atoms with Gasteiger partial charge < -0.3 is 4.74 Å². The van der Waals surface area contributed by atoms with Gasteiger partial charge in [0.1, 0.15) is 0 Å². The van der Waals surface area contributed by atoms with E-state index in [4.69, 9.17) is 5.26 Å². The van der Waals surface area contributed by atoms with Gasteiger partial charge in [-0.3, -0.25) is 0 Å². The molecule has 0 unspecified atom stereocenters. The zero-order valence-corrected chi connectivity index (χ0v) is 4.56. The minimum atomic E-state index is 0. The van der Waals surface area contributed by atoms with Crippen molar-refractivity contribution in [3.05, 3.63) is 0 Å². The van der Waals surface area contributed by atoms with Crippen molar-refractivity contribution in [1.29, 1.82) is 5.26 Å². The van der Waals surface area contributed by atoms with Gasteiger partial charge in [0.25, 0.3) is 6.26 Å². The molecule has 36 valence electrons. The average Bonchev–Trinajstić information content (AvgIpc) is 1.41. The molecular formula is C3H7NOS. The first kappa shape index (κ1) is 9.16. The van der Waals surface area contributed by atoms with Crippen LogP contribution in [0, 0.1) is 11.5 Å². The summed E-state index contributed by atoms with van der Waals surface area (Å²) in [5.74, 6) is 0. The minimum absolute atomic E-state index is 0. The van der Waals surface area contributed by atoms with Crippen LogP contribution in [-0.2, 0) is 4.74 Å². The molecule has 0 aliphatic rings. The van der Waals surface area contributed by atoms with Crippen LogP contribution in [-0.4, -0.2) is 6.61 Å². The summed E-state index contributed by atoms with van der Waals surface area (Å²) in [6.07, 6.45) is 1.52. The Labute approximate surface area is 44.2 Å². The predicted octanol–water partition coefficient (Wildman–Crippen LogP) is 0.617. The lowest BCUT2D eigenvalue weighted by Crippen LogP contribution is -1.73. The maximum absolute atomic E-state index is 7.59. The van der Waals surface area contributed by atoms with E-state index >= 15 is 0 Å². The van der Waals surface area contributed by atoms with E-state index in [-0.39, 0.29) is 13.5 Å². The Balaban J connectivity index is 0. The molecule has 0 atom stereocenters. The van der Waals surface area contributed by atoms with E-state index in [1.165, 1.54) is 6.26 Å². The van der Waals surface area contributed by atoms with Gasteiger partial charge in [-0.05, 0) is 6.92 Å². The molecule has 0 aromatic heterocycles. The zero-order valence-electron chi connectivity index (χ0n) is 3.56. The number of hydrogen-bond donors (Lipinski definition) is 0. The summed E-state index contributed by atoms with van der Waals surface area (Å²) < 4.78 is 4.14. The molecule has 0 rings (SSSR count). The summed E-state index contributed by atoms with van der Waals surface area (Å²) in [6.45, 7) is 2.25. The highest BCUT2D eigenvalue weighted by Gasteiger charge is 1.60. The Morgan fingerprint density at radius 1 is 1.83 bits per heavy atom. The summed E-state index contributed by atoms with van der Waals surface area (Å²) in [7, 11) is 0. The van der Waals surface area contributed by atoms with Gasteiger partial charge in [-0.15, -0.1) is 0 Å². The van der Waals surface area contributed by atoms with E-state index in [1.807, 2.05) is 0 Å². The molecular weight excluding hydrogens is 98.1 g/mol. The Hall–Kier alpha value is -0.360. The fraction of sp³-hybridized carbons (Fsp3) is 0.667. The van der Waals surface area contributed by atoms with Crippen LogP contribution in [0.3, 0.4) is 0 Å². The molecule has 0 aromatic rings. The van der Waals surface area contributed by atoms with Gasteiger partial charge in [-0.1, -0.05) is 0 Å². The number of rotatable bonds is 1. The topological polar surface area (TPSA) is 33.0 Å². The van der Waals surface area contributed by atoms with Gasteiger partial charge in [-0.25, -0.2) is 0 Å². The first-order valence-corrected chi connectivity index (χ1v) is 1.42. The van der Waals surface area contributed by atoms with Crippen LogP contribution in [0.2, 0.25) is 0 Å². The third-order valence-corrected chi connectivity index (χ3v) is 0.209. The number of hydrogen-bond acceptors (Lipinski definition) is 2. The summed E-state index contributed by atoms with van der Waals surface area (Å²) in [5, 5.41) is 7.59. The van der Waals surface area contributed by atoms with Crippen molar-refractivity contribution in [2.75, 3.05) is 6.61 Å². The first-order valence-electron chi connectivity index (χ1n) is 1.42. The fourth-order valence-electron chi connectivity index (χ4n) is 0.0645. The lowest BCUT2D eigenvalue weighted by atomic mass is 10.9. The fourth-order valence-corrected chi connectivity index (χ4v) is 0.0645. The van der Waals surface area contributed by atoms with Gasteiger partial charge in [0.05, 0.1) is 6.61 Å². The van der Waals surface area contributed by atoms with Crippen LogP contribution in [0.5, 0.6) is 0 Å². The second-order valence-corrected chi connectivity index (χ2v) is 0.524. The van der Waals surface area contributed by atoms with E-state index < -0.39 is 0 Å². The quantitative estimate of drug-likeness (QED) is 0.458. The van der Waals surface area contributed by atoms with Crippen molar-refractivity contribution < 1.29 is 4.74 Å². The van der Waals surface area contributed by atoms with Crippen LogP contribution in [0.15, 0.2) is 0 Å². The van der Waals surface area contributed by atoms with Gasteiger partial charge in [0.2, 0.25) is 0 Å². The van der Waals surface area contributed by atoms with Crippen molar-refractivity contribution in [3.63, 3.8) is 0 Å². The van der Waals surface area contributed by atoms with Gasteiger partial charge in [-0.2, -0.15) is 18.8 Å². The third-order valence-electron chi connectivity index (χ3n) is 0.209. The molecule has 0 fully saturated rings. The molecule has 0 radical (unpaired) electrons. The number of nitriles is 1. The largest absolute Gasteiger partial charge is 0.428 e. The van der Waals surface area contributed by atoms with Crippen LogP contribution >= 0.6 is 13.5 Å². The molecule has 0 saturated carbocycles. The van der Waals surface area contributed by atoms with Crippen LogP contribution in [0.25, 0.3) is 0 Å². The van der Waals surface area contributed by atoms with Crippen molar-refractivity contribution in [1.82, 2.24) is 0 Å². The smallest absolute Gasteiger partial charge is 0.286 e. The van der Waals surface area contributed by atoms with Crippen molar-refractivity contribution in [3.8, 4) is 6.26 Å². The Morgan fingerprint density at radius 2 is 2.33 bits per heavy atom. The van der Waals surface area contributed by atoms with E-state index in [1.54, 1.807) is 6.92 Å². The van der Waals surface area contributed by atoms with Crippen molar-refractivity contribution in [2.24, 2.45) is 0 Å². The van der Waals surface area contributed by atoms with E-state index in [0.717, 1.165) is 0 Å². The molecule has 0 spiro atoms. The normalized spacial score (nSPS) is 4.67. The zero-order chi connectivity index (χ0) is 4.12. The van der Waals surface area contributed by atoms with E-state index in [2.05, 4.69) is 4.74 Å². The molecule has 3 heteroatoms. The predicted molar refractivity (Wildman–Crippen MR) is 27.6 cm³/mol. The van der Waals surface area contributed by atoms with E-state index in [0.29, 0.717) is 6.61 Å². The maximum Gasteiger partial charge on any atom is 0.286 e. The highest BCUT2D eigenvalue weighted by atomic mass is 32.1. The molecule has 0 bridgehead atoms. The molecule has 0 aliphatic carbocycles. The minimum Gasteiger partial charge on any atom is -0.428 e. The number of nitrogens with zero attached hydrogens (tertiary/aromatic N) is 1. The standard InChI is InChI=1S/C3H5NO.H2S/c1-2-5-3-4;/h2H2,1H3;1H2.